The molecular weight excluding hydrogens is 440 g/mol. The molecule has 0 aliphatic carbocycles. The van der Waals surface area contributed by atoms with Gasteiger partial charge in [0.15, 0.2) is 0 Å². The Morgan fingerprint density at radius 1 is 1.03 bits per heavy atom. The van der Waals surface area contributed by atoms with E-state index in [1.807, 2.05) is 50.5 Å². The molecule has 1 fully saturated rings. The van der Waals surface area contributed by atoms with Crippen LogP contribution in [0.25, 0.3) is 11.1 Å². The van der Waals surface area contributed by atoms with E-state index in [9.17, 15) is 5.26 Å². The standard InChI is InChI=1S/C28H34N4O3/c1-26(2)14-21(15-27(3,4)34-26)24-16-28(31-25(30-5)32(6)35-28)22-13-20(10-11-23(22)33-24)19-9-7-8-18(12-19)17-29/h7-13,21,24H,14-16H2,1-6H3,(H,30,31). The maximum absolute atomic E-state index is 9.35. The summed E-state index contributed by atoms with van der Waals surface area (Å²) in [6.45, 7) is 8.64. The molecule has 1 spiro atoms. The van der Waals surface area contributed by atoms with Gasteiger partial charge < -0.3 is 14.8 Å². The first kappa shape index (κ1) is 23.7. The van der Waals surface area contributed by atoms with Gasteiger partial charge in [0, 0.05) is 26.4 Å². The summed E-state index contributed by atoms with van der Waals surface area (Å²) in [4.78, 5) is 11.5. The molecule has 3 aliphatic heterocycles. The van der Waals surface area contributed by atoms with Crippen molar-refractivity contribution in [2.45, 2.75) is 70.0 Å². The number of hydroxylamine groups is 2. The Labute approximate surface area is 207 Å². The number of fused-ring (bicyclic) bond motifs is 2. The average Bonchev–Trinajstić information content (AvgIpc) is 3.12. The van der Waals surface area contributed by atoms with E-state index >= 15 is 0 Å². The molecule has 0 bridgehead atoms. The van der Waals surface area contributed by atoms with Crippen LogP contribution in [0, 0.1) is 17.2 Å². The lowest BCUT2D eigenvalue weighted by atomic mass is 9.75. The summed E-state index contributed by atoms with van der Waals surface area (Å²) in [6.07, 6.45) is 2.35. The summed E-state index contributed by atoms with van der Waals surface area (Å²) >= 11 is 0. The minimum atomic E-state index is -0.888. The second-order valence-electron chi connectivity index (χ2n) is 11.1. The fourth-order valence-electron chi connectivity index (χ4n) is 6.10. The van der Waals surface area contributed by atoms with Crippen molar-refractivity contribution in [1.82, 2.24) is 10.4 Å². The smallest absolute Gasteiger partial charge is 0.221 e. The molecule has 7 nitrogen and oxygen atoms in total. The summed E-state index contributed by atoms with van der Waals surface area (Å²) in [6, 6.07) is 16.0. The van der Waals surface area contributed by atoms with Gasteiger partial charge in [-0.25, -0.2) is 14.9 Å². The molecule has 0 aromatic heterocycles. The topological polar surface area (TPSA) is 79.1 Å². The lowest BCUT2D eigenvalue weighted by Crippen LogP contribution is -2.51. The predicted molar refractivity (Wildman–Crippen MR) is 135 cm³/mol. The Bertz CT molecular complexity index is 1200. The number of hydrogen-bond acceptors (Lipinski definition) is 7. The van der Waals surface area contributed by atoms with Crippen molar-refractivity contribution in [2.75, 3.05) is 14.1 Å². The number of nitrogens with zero attached hydrogens (tertiary/aromatic N) is 3. The van der Waals surface area contributed by atoms with Gasteiger partial charge in [-0.05, 0) is 75.9 Å². The van der Waals surface area contributed by atoms with Crippen LogP contribution in [0.15, 0.2) is 47.5 Å². The van der Waals surface area contributed by atoms with E-state index in [2.05, 4.69) is 45.1 Å². The van der Waals surface area contributed by atoms with E-state index in [1.54, 1.807) is 5.06 Å². The zero-order valence-electron chi connectivity index (χ0n) is 21.4. The second kappa shape index (κ2) is 8.25. The molecule has 1 N–H and O–H groups in total. The molecular formula is C28H34N4O3. The van der Waals surface area contributed by atoms with E-state index in [-0.39, 0.29) is 17.3 Å². The van der Waals surface area contributed by atoms with Gasteiger partial charge in [-0.1, -0.05) is 18.2 Å². The minimum absolute atomic E-state index is 0.0638. The number of aliphatic imine (C=N–C) groups is 1. The first-order valence-corrected chi connectivity index (χ1v) is 12.3. The monoisotopic (exact) mass is 474 g/mol. The lowest BCUT2D eigenvalue weighted by molar-refractivity contribution is -0.213. The van der Waals surface area contributed by atoms with Crippen LogP contribution in [0.2, 0.25) is 0 Å². The molecule has 1 saturated heterocycles. The van der Waals surface area contributed by atoms with Crippen LogP contribution >= 0.6 is 0 Å². The highest BCUT2D eigenvalue weighted by Crippen LogP contribution is 2.51. The first-order valence-electron chi connectivity index (χ1n) is 12.3. The summed E-state index contributed by atoms with van der Waals surface area (Å²) in [7, 11) is 3.72. The fraction of sp³-hybridized carbons (Fsp3) is 0.500. The summed E-state index contributed by atoms with van der Waals surface area (Å²) in [5.41, 5.74) is 2.15. The van der Waals surface area contributed by atoms with Gasteiger partial charge in [0.05, 0.1) is 28.4 Å². The highest BCUT2D eigenvalue weighted by molar-refractivity contribution is 5.80. The quantitative estimate of drug-likeness (QED) is 0.662. The third-order valence-electron chi connectivity index (χ3n) is 7.16. The van der Waals surface area contributed by atoms with Crippen LogP contribution in [0.1, 0.15) is 58.1 Å². The predicted octanol–water partition coefficient (Wildman–Crippen LogP) is 4.97. The summed E-state index contributed by atoms with van der Waals surface area (Å²) in [5, 5.41) is 14.2. The van der Waals surface area contributed by atoms with Crippen molar-refractivity contribution in [2.24, 2.45) is 10.9 Å². The van der Waals surface area contributed by atoms with Gasteiger partial charge in [-0.3, -0.25) is 0 Å². The molecule has 3 heterocycles. The normalized spacial score (nSPS) is 27.1. The molecule has 2 unspecified atom stereocenters. The SMILES string of the molecule is CNC1=NC2(CC(C3CC(C)(C)OC(C)(C)C3)Oc3ccc(-c4cccc(C#N)c4)cc32)ON1C. The maximum Gasteiger partial charge on any atom is 0.221 e. The highest BCUT2D eigenvalue weighted by Gasteiger charge is 2.52. The molecule has 2 atom stereocenters. The van der Waals surface area contributed by atoms with E-state index in [0.29, 0.717) is 23.9 Å². The second-order valence-corrected chi connectivity index (χ2v) is 11.1. The first-order chi connectivity index (χ1) is 16.5. The number of guanidine groups is 1. The molecule has 2 aromatic rings. The number of nitriles is 1. The number of ether oxygens (including phenoxy) is 2. The zero-order valence-corrected chi connectivity index (χ0v) is 21.4. The molecule has 0 radical (unpaired) electrons. The molecule has 0 amide bonds. The van der Waals surface area contributed by atoms with Crippen molar-refractivity contribution in [1.29, 1.82) is 5.26 Å². The van der Waals surface area contributed by atoms with Crippen LogP contribution in [-0.2, 0) is 15.3 Å². The molecule has 7 heteroatoms. The van der Waals surface area contributed by atoms with Crippen molar-refractivity contribution >= 4 is 5.96 Å². The highest BCUT2D eigenvalue weighted by atomic mass is 16.7. The third kappa shape index (κ3) is 4.37. The minimum Gasteiger partial charge on any atom is -0.489 e. The van der Waals surface area contributed by atoms with Gasteiger partial charge in [0.25, 0.3) is 0 Å². The summed E-state index contributed by atoms with van der Waals surface area (Å²) < 4.78 is 13.0. The fourth-order valence-corrected chi connectivity index (χ4v) is 6.10. The van der Waals surface area contributed by atoms with E-state index in [0.717, 1.165) is 35.3 Å². The van der Waals surface area contributed by atoms with Gasteiger partial charge in [0.2, 0.25) is 11.7 Å². The molecule has 5 rings (SSSR count). The maximum atomic E-state index is 9.35. The number of rotatable bonds is 2. The Kier molecular flexibility index (Phi) is 5.58. The zero-order chi connectivity index (χ0) is 25.0. The Morgan fingerprint density at radius 2 is 1.74 bits per heavy atom. The van der Waals surface area contributed by atoms with Crippen LogP contribution < -0.4 is 10.1 Å². The van der Waals surface area contributed by atoms with E-state index in [4.69, 9.17) is 19.3 Å². The largest absolute Gasteiger partial charge is 0.489 e. The Balaban J connectivity index is 1.58. The van der Waals surface area contributed by atoms with Crippen LogP contribution in [0.4, 0.5) is 0 Å². The van der Waals surface area contributed by atoms with Crippen LogP contribution in [-0.4, -0.2) is 42.4 Å². The molecule has 3 aliphatic rings. The van der Waals surface area contributed by atoms with Crippen molar-refractivity contribution in [3.05, 3.63) is 53.6 Å². The summed E-state index contributed by atoms with van der Waals surface area (Å²) in [5.74, 6) is 1.77. The third-order valence-corrected chi connectivity index (χ3v) is 7.16. The van der Waals surface area contributed by atoms with Gasteiger partial charge in [0.1, 0.15) is 11.9 Å². The molecule has 0 saturated carbocycles. The van der Waals surface area contributed by atoms with Gasteiger partial charge in [-0.2, -0.15) is 5.26 Å². The van der Waals surface area contributed by atoms with Crippen molar-refractivity contribution < 1.29 is 14.3 Å². The van der Waals surface area contributed by atoms with Gasteiger partial charge in [-0.15, -0.1) is 0 Å². The molecule has 35 heavy (non-hydrogen) atoms. The Hall–Kier alpha value is -3.08. The van der Waals surface area contributed by atoms with E-state index < -0.39 is 5.72 Å². The lowest BCUT2D eigenvalue weighted by Gasteiger charge is -2.49. The van der Waals surface area contributed by atoms with Crippen molar-refractivity contribution in [3.63, 3.8) is 0 Å². The molecule has 2 aromatic carbocycles. The van der Waals surface area contributed by atoms with Crippen molar-refractivity contribution in [3.8, 4) is 22.9 Å². The van der Waals surface area contributed by atoms with Crippen LogP contribution in [0.3, 0.4) is 0 Å². The number of nitrogens with one attached hydrogen (secondary N) is 1. The number of hydrogen-bond donors (Lipinski definition) is 1. The Morgan fingerprint density at radius 3 is 2.40 bits per heavy atom. The van der Waals surface area contributed by atoms with Gasteiger partial charge >= 0.3 is 0 Å². The van der Waals surface area contributed by atoms with Crippen LogP contribution in [0.5, 0.6) is 5.75 Å². The number of benzene rings is 2. The van der Waals surface area contributed by atoms with E-state index in [1.165, 1.54) is 0 Å². The molecule has 184 valence electrons. The average molecular weight is 475 g/mol.